The molecule has 0 aliphatic carbocycles. The fourth-order valence-corrected chi connectivity index (χ4v) is 1.82. The molecule has 5 nitrogen and oxygen atoms in total. The second-order valence-corrected chi connectivity index (χ2v) is 5.77. The van der Waals surface area contributed by atoms with Crippen LogP contribution in [0.15, 0.2) is 0 Å². The summed E-state index contributed by atoms with van der Waals surface area (Å²) in [5.41, 5.74) is -0.478. The summed E-state index contributed by atoms with van der Waals surface area (Å²) < 4.78 is 5.17. The maximum absolute atomic E-state index is 11.9. The second kappa shape index (κ2) is 6.18. The van der Waals surface area contributed by atoms with E-state index in [2.05, 4.69) is 4.90 Å². The smallest absolute Gasteiger partial charge is 0.306 e. The van der Waals surface area contributed by atoms with Crippen LogP contribution < -0.4 is 0 Å². The summed E-state index contributed by atoms with van der Waals surface area (Å²) in [5.74, 6) is -0.251. The zero-order valence-corrected chi connectivity index (χ0v) is 11.9. The lowest BCUT2D eigenvalue weighted by molar-refractivity contribution is -0.156. The van der Waals surface area contributed by atoms with Gasteiger partial charge in [0.25, 0.3) is 0 Å². The molecule has 0 unspecified atom stereocenters. The third kappa shape index (κ3) is 5.49. The van der Waals surface area contributed by atoms with Crippen molar-refractivity contribution < 1.29 is 14.3 Å². The molecule has 0 aromatic carbocycles. The lowest BCUT2D eigenvalue weighted by Gasteiger charge is -2.32. The van der Waals surface area contributed by atoms with Gasteiger partial charge in [-0.25, -0.2) is 0 Å². The Hall–Kier alpha value is -1.10. The van der Waals surface area contributed by atoms with Crippen LogP contribution in [0.25, 0.3) is 0 Å². The van der Waals surface area contributed by atoms with Gasteiger partial charge < -0.3 is 14.5 Å². The van der Waals surface area contributed by atoms with Crippen molar-refractivity contribution >= 4 is 11.9 Å². The SMILES string of the molecule is CN1CCN(C(=O)CCC(=O)OC(C)(C)C)CC1. The standard InChI is InChI=1S/C13H24N2O3/c1-13(2,3)18-12(17)6-5-11(16)15-9-7-14(4)8-10-15/h5-10H2,1-4H3. The molecule has 1 amide bonds. The highest BCUT2D eigenvalue weighted by molar-refractivity contribution is 5.81. The zero-order chi connectivity index (χ0) is 13.8. The van der Waals surface area contributed by atoms with Crippen LogP contribution in [0.3, 0.4) is 0 Å². The molecule has 1 aliphatic rings. The summed E-state index contributed by atoms with van der Waals surface area (Å²) in [6.07, 6.45) is 0.418. The number of piperazine rings is 1. The molecular weight excluding hydrogens is 232 g/mol. The van der Waals surface area contributed by atoms with Crippen LogP contribution in [0.4, 0.5) is 0 Å². The number of rotatable bonds is 3. The highest BCUT2D eigenvalue weighted by Crippen LogP contribution is 2.10. The molecule has 1 fully saturated rings. The first kappa shape index (κ1) is 15.0. The molecule has 18 heavy (non-hydrogen) atoms. The molecule has 0 bridgehead atoms. The second-order valence-electron chi connectivity index (χ2n) is 5.77. The molecule has 0 spiro atoms. The summed E-state index contributed by atoms with van der Waals surface area (Å²) >= 11 is 0. The van der Waals surface area contributed by atoms with Gasteiger partial charge in [-0.3, -0.25) is 9.59 Å². The summed E-state index contributed by atoms with van der Waals surface area (Å²) in [4.78, 5) is 27.4. The molecule has 5 heteroatoms. The van der Waals surface area contributed by atoms with Crippen LogP contribution in [0.1, 0.15) is 33.6 Å². The average molecular weight is 256 g/mol. The van der Waals surface area contributed by atoms with Crippen molar-refractivity contribution in [3.8, 4) is 0 Å². The molecular formula is C13H24N2O3. The van der Waals surface area contributed by atoms with Gasteiger partial charge in [-0.15, -0.1) is 0 Å². The van der Waals surface area contributed by atoms with Crippen LogP contribution in [0, 0.1) is 0 Å². The van der Waals surface area contributed by atoms with E-state index in [9.17, 15) is 9.59 Å². The van der Waals surface area contributed by atoms with Crippen LogP contribution in [-0.4, -0.2) is 60.5 Å². The monoisotopic (exact) mass is 256 g/mol. The number of ether oxygens (including phenoxy) is 1. The van der Waals surface area contributed by atoms with Gasteiger partial charge in [0.1, 0.15) is 5.60 Å². The van der Waals surface area contributed by atoms with E-state index in [0.717, 1.165) is 26.2 Å². The molecule has 1 heterocycles. The molecule has 0 saturated carbocycles. The Morgan fingerprint density at radius 2 is 1.61 bits per heavy atom. The first-order valence-electron chi connectivity index (χ1n) is 6.46. The maximum Gasteiger partial charge on any atom is 0.306 e. The van der Waals surface area contributed by atoms with Gasteiger partial charge in [0.05, 0.1) is 6.42 Å². The van der Waals surface area contributed by atoms with E-state index in [0.29, 0.717) is 0 Å². The Balaban J connectivity index is 2.27. The van der Waals surface area contributed by atoms with Crippen LogP contribution in [0.5, 0.6) is 0 Å². The van der Waals surface area contributed by atoms with Crippen LogP contribution in [-0.2, 0) is 14.3 Å². The van der Waals surface area contributed by atoms with Crippen LogP contribution in [0.2, 0.25) is 0 Å². The molecule has 1 saturated heterocycles. The van der Waals surface area contributed by atoms with Crippen molar-refractivity contribution in [3.63, 3.8) is 0 Å². The molecule has 0 radical (unpaired) electrons. The van der Waals surface area contributed by atoms with E-state index >= 15 is 0 Å². The van der Waals surface area contributed by atoms with Gasteiger partial charge in [0.15, 0.2) is 0 Å². The van der Waals surface area contributed by atoms with Crippen molar-refractivity contribution in [1.29, 1.82) is 0 Å². The van der Waals surface area contributed by atoms with E-state index in [4.69, 9.17) is 4.74 Å². The Morgan fingerprint density at radius 3 is 2.11 bits per heavy atom. The predicted octanol–water partition coefficient (Wildman–Crippen LogP) is 0.882. The largest absolute Gasteiger partial charge is 0.460 e. The lowest BCUT2D eigenvalue weighted by Crippen LogP contribution is -2.47. The minimum atomic E-state index is -0.478. The van der Waals surface area contributed by atoms with Crippen molar-refractivity contribution in [2.75, 3.05) is 33.2 Å². The highest BCUT2D eigenvalue weighted by atomic mass is 16.6. The van der Waals surface area contributed by atoms with Crippen molar-refractivity contribution in [2.45, 2.75) is 39.2 Å². The van der Waals surface area contributed by atoms with Crippen molar-refractivity contribution in [3.05, 3.63) is 0 Å². The fraction of sp³-hybridized carbons (Fsp3) is 0.846. The van der Waals surface area contributed by atoms with Crippen molar-refractivity contribution in [1.82, 2.24) is 9.80 Å². The number of amides is 1. The van der Waals surface area contributed by atoms with E-state index < -0.39 is 5.60 Å². The van der Waals surface area contributed by atoms with Gasteiger partial charge in [-0.2, -0.15) is 0 Å². The summed E-state index contributed by atoms with van der Waals surface area (Å²) in [7, 11) is 2.04. The van der Waals surface area contributed by atoms with Gasteiger partial charge in [-0.1, -0.05) is 0 Å². The number of nitrogens with zero attached hydrogens (tertiary/aromatic N) is 2. The first-order chi connectivity index (χ1) is 8.28. The molecule has 0 atom stereocenters. The number of carbonyl (C=O) groups excluding carboxylic acids is 2. The number of carbonyl (C=O) groups is 2. The Kier molecular flexibility index (Phi) is 5.14. The number of esters is 1. The first-order valence-corrected chi connectivity index (χ1v) is 6.46. The minimum Gasteiger partial charge on any atom is -0.460 e. The molecule has 0 aromatic rings. The summed E-state index contributed by atoms with van der Waals surface area (Å²) in [6.45, 7) is 8.79. The number of hydrogen-bond acceptors (Lipinski definition) is 4. The van der Waals surface area contributed by atoms with E-state index in [1.165, 1.54) is 0 Å². The van der Waals surface area contributed by atoms with E-state index in [1.807, 2.05) is 32.7 Å². The molecule has 0 N–H and O–H groups in total. The lowest BCUT2D eigenvalue weighted by atomic mass is 10.2. The summed E-state index contributed by atoms with van der Waals surface area (Å²) in [6, 6.07) is 0. The maximum atomic E-state index is 11.9. The Bertz CT molecular complexity index is 302. The number of hydrogen-bond donors (Lipinski definition) is 0. The van der Waals surface area contributed by atoms with E-state index in [-0.39, 0.29) is 24.7 Å². The van der Waals surface area contributed by atoms with E-state index in [1.54, 1.807) is 0 Å². The van der Waals surface area contributed by atoms with Crippen LogP contribution >= 0.6 is 0 Å². The number of likely N-dealkylation sites (N-methyl/N-ethyl adjacent to an activating group) is 1. The molecule has 1 rings (SSSR count). The summed E-state index contributed by atoms with van der Waals surface area (Å²) in [5, 5.41) is 0. The molecule has 1 aliphatic heterocycles. The quantitative estimate of drug-likeness (QED) is 0.703. The third-order valence-corrected chi connectivity index (χ3v) is 2.82. The normalized spacial score (nSPS) is 17.7. The topological polar surface area (TPSA) is 49.9 Å². The van der Waals surface area contributed by atoms with Gasteiger partial charge in [-0.05, 0) is 27.8 Å². The third-order valence-electron chi connectivity index (χ3n) is 2.82. The average Bonchev–Trinajstić information content (AvgIpc) is 2.24. The van der Waals surface area contributed by atoms with Crippen molar-refractivity contribution in [2.24, 2.45) is 0 Å². The minimum absolute atomic E-state index is 0.0500. The zero-order valence-electron chi connectivity index (χ0n) is 11.9. The predicted molar refractivity (Wildman–Crippen MR) is 69.2 cm³/mol. The van der Waals surface area contributed by atoms with Gasteiger partial charge >= 0.3 is 5.97 Å². The Labute approximate surface area is 109 Å². The Morgan fingerprint density at radius 1 is 1.06 bits per heavy atom. The van der Waals surface area contributed by atoms with Gasteiger partial charge in [0.2, 0.25) is 5.91 Å². The highest BCUT2D eigenvalue weighted by Gasteiger charge is 2.21. The van der Waals surface area contributed by atoms with Gasteiger partial charge in [0, 0.05) is 32.6 Å². The molecule has 104 valence electrons. The molecule has 0 aromatic heterocycles. The fourth-order valence-electron chi connectivity index (χ4n) is 1.82.